The molecule has 0 saturated carbocycles. The third-order valence-corrected chi connectivity index (χ3v) is 14.9. The summed E-state index contributed by atoms with van der Waals surface area (Å²) in [5.74, 6) is 0.804. The average Bonchev–Trinajstić information content (AvgIpc) is 3.94. The van der Waals surface area contributed by atoms with Crippen LogP contribution in [-0.2, 0) is 6.42 Å². The number of hydrogen-bond donors (Lipinski definition) is 1. The smallest absolute Gasteiger partial charge is 0.205 e. The van der Waals surface area contributed by atoms with Crippen LogP contribution in [0, 0.1) is 12.8 Å². The number of nitrogens with zero attached hydrogens (tertiary/aromatic N) is 3. The number of allylic oxidation sites excluding steroid dienone is 12. The minimum Gasteiger partial charge on any atom is -0.369 e. The fourth-order valence-electron chi connectivity index (χ4n) is 11.3. The van der Waals surface area contributed by atoms with Crippen molar-refractivity contribution in [1.82, 2.24) is 9.13 Å². The van der Waals surface area contributed by atoms with E-state index in [1.54, 1.807) is 0 Å². The molecule has 4 nitrogen and oxygen atoms in total. The lowest BCUT2D eigenvalue weighted by Crippen LogP contribution is -2.22. The second-order valence-electron chi connectivity index (χ2n) is 19.1. The molecule has 9 aromatic rings. The van der Waals surface area contributed by atoms with E-state index in [-0.39, 0.29) is 0 Å². The van der Waals surface area contributed by atoms with Crippen LogP contribution in [0.5, 0.6) is 0 Å². The van der Waals surface area contributed by atoms with Gasteiger partial charge in [-0.05, 0) is 144 Å². The van der Waals surface area contributed by atoms with Crippen molar-refractivity contribution in [3.8, 4) is 22.3 Å². The number of rotatable bonds is 9. The predicted octanol–water partition coefficient (Wildman–Crippen LogP) is 16.7. The molecule has 3 aliphatic rings. The lowest BCUT2D eigenvalue weighted by Gasteiger charge is -2.23. The zero-order valence-corrected chi connectivity index (χ0v) is 39.9. The molecule has 0 amide bonds. The molecule has 70 heavy (non-hydrogen) atoms. The molecule has 2 aromatic heterocycles. The fraction of sp³-hybridized carbons (Fsp3) is 0.136. The van der Waals surface area contributed by atoms with Crippen LogP contribution < -0.4 is 5.73 Å². The van der Waals surface area contributed by atoms with Crippen LogP contribution in [0.2, 0.25) is 0 Å². The molecule has 4 heteroatoms. The van der Waals surface area contributed by atoms with Gasteiger partial charge in [0, 0.05) is 33.2 Å². The van der Waals surface area contributed by atoms with Crippen molar-refractivity contribution in [2.45, 2.75) is 52.4 Å². The van der Waals surface area contributed by atoms with E-state index >= 15 is 0 Å². The van der Waals surface area contributed by atoms with E-state index in [0.29, 0.717) is 11.9 Å². The number of aromatic nitrogens is 2. The van der Waals surface area contributed by atoms with Gasteiger partial charge in [0.1, 0.15) is 0 Å². The summed E-state index contributed by atoms with van der Waals surface area (Å²) in [4.78, 5) is 5.38. The normalized spacial score (nSPS) is 16.7. The third-order valence-electron chi connectivity index (χ3n) is 14.9. The van der Waals surface area contributed by atoms with Gasteiger partial charge in [-0.1, -0.05) is 182 Å². The SMILES string of the molecule is CC1=C(c2ccccc2C)CCC=C1n1c2ccccc2c2cc(-c3cccc4c3c3ccccc3n4C(N)=N/C(=C/Cc3ccc(-c4ccccc4)cc3)C3=CCC(C4=CCCC=C4)C=C3)ccc21. The number of fused-ring (bicyclic) bond motifs is 6. The van der Waals surface area contributed by atoms with Crippen LogP contribution in [0.4, 0.5) is 0 Å². The Labute approximate surface area is 410 Å². The number of aliphatic imine (C=N–C) groups is 1. The Morgan fingerprint density at radius 2 is 1.33 bits per heavy atom. The fourth-order valence-corrected chi connectivity index (χ4v) is 11.3. The molecule has 3 aliphatic carbocycles. The molecular formula is C66H56N4. The number of nitrogens with two attached hydrogens (primary N) is 1. The maximum absolute atomic E-state index is 7.33. The zero-order valence-electron chi connectivity index (χ0n) is 39.9. The van der Waals surface area contributed by atoms with Crippen LogP contribution in [-0.4, -0.2) is 15.1 Å². The summed E-state index contributed by atoms with van der Waals surface area (Å²) in [6, 6.07) is 59.4. The van der Waals surface area contributed by atoms with Gasteiger partial charge in [-0.2, -0.15) is 0 Å². The highest BCUT2D eigenvalue weighted by Crippen LogP contribution is 2.43. The van der Waals surface area contributed by atoms with Gasteiger partial charge in [0.15, 0.2) is 0 Å². The van der Waals surface area contributed by atoms with Gasteiger partial charge >= 0.3 is 0 Å². The molecule has 7 aromatic carbocycles. The van der Waals surface area contributed by atoms with Crippen LogP contribution >= 0.6 is 0 Å². The summed E-state index contributed by atoms with van der Waals surface area (Å²) in [6.45, 7) is 4.54. The third kappa shape index (κ3) is 7.80. The highest BCUT2D eigenvalue weighted by molar-refractivity contribution is 6.20. The van der Waals surface area contributed by atoms with Crippen molar-refractivity contribution in [3.05, 3.63) is 252 Å². The van der Waals surface area contributed by atoms with Gasteiger partial charge in [-0.15, -0.1) is 0 Å². The summed E-state index contributed by atoms with van der Waals surface area (Å²) in [5, 5.41) is 4.79. The number of aryl methyl sites for hydroxylation is 1. The lowest BCUT2D eigenvalue weighted by molar-refractivity contribution is 0.765. The number of para-hydroxylation sites is 2. The van der Waals surface area contributed by atoms with Crippen molar-refractivity contribution in [1.29, 1.82) is 0 Å². The van der Waals surface area contributed by atoms with Crippen molar-refractivity contribution in [2.24, 2.45) is 16.6 Å². The van der Waals surface area contributed by atoms with Gasteiger partial charge in [-0.25, -0.2) is 4.99 Å². The van der Waals surface area contributed by atoms with E-state index in [9.17, 15) is 0 Å². The lowest BCUT2D eigenvalue weighted by atomic mass is 9.86. The molecule has 1 atom stereocenters. The molecule has 340 valence electrons. The molecule has 2 heterocycles. The minimum atomic E-state index is 0.363. The largest absolute Gasteiger partial charge is 0.369 e. The second kappa shape index (κ2) is 18.4. The van der Waals surface area contributed by atoms with Gasteiger partial charge in [0.05, 0.1) is 27.8 Å². The molecule has 0 bridgehead atoms. The van der Waals surface area contributed by atoms with Crippen LogP contribution in [0.25, 0.3) is 77.1 Å². The van der Waals surface area contributed by atoms with Gasteiger partial charge in [-0.3, -0.25) is 4.57 Å². The van der Waals surface area contributed by atoms with Crippen molar-refractivity contribution in [2.75, 3.05) is 0 Å². The standard InChI is InChI=1S/C66H56N4/c1-44-17-9-10-22-53(44)54-25-15-29-60(45(54)2)69-61-27-13-11-23-56(61)58-43-52(40-42-63(58)69)55-26-16-30-64-65(55)57-24-12-14-28-62(57)70(64)66(67)68-59(51-38-36-50(37-39-51)48-20-7-4-8-21-48)41-33-46-31-34-49(35-32-46)47-18-5-3-6-19-47/h3,5-7,9-14,16-24,26-32,34-36,38-43,50H,4,8,15,25,33,37H2,1-2H3,(H2,67,68)/b59-41+. The molecular weight excluding hydrogens is 849 g/mol. The van der Waals surface area contributed by atoms with E-state index < -0.39 is 0 Å². The molecule has 1 unspecified atom stereocenters. The Morgan fingerprint density at radius 1 is 0.614 bits per heavy atom. The molecule has 2 N–H and O–H groups in total. The van der Waals surface area contributed by atoms with Crippen LogP contribution in [0.3, 0.4) is 0 Å². The van der Waals surface area contributed by atoms with E-state index in [2.05, 4.69) is 235 Å². The van der Waals surface area contributed by atoms with Gasteiger partial charge in [0.25, 0.3) is 0 Å². The van der Waals surface area contributed by atoms with E-state index in [1.807, 2.05) is 0 Å². The average molecular weight is 905 g/mol. The van der Waals surface area contributed by atoms with E-state index in [4.69, 9.17) is 10.7 Å². The summed E-state index contributed by atoms with van der Waals surface area (Å²) in [7, 11) is 0. The summed E-state index contributed by atoms with van der Waals surface area (Å²) in [6.07, 6.45) is 24.5. The highest BCUT2D eigenvalue weighted by atomic mass is 15.2. The summed E-state index contributed by atoms with van der Waals surface area (Å²) in [5.41, 5.74) is 27.9. The summed E-state index contributed by atoms with van der Waals surface area (Å²) < 4.78 is 4.66. The number of hydrogen-bond acceptors (Lipinski definition) is 1. The van der Waals surface area contributed by atoms with Crippen LogP contribution in [0.1, 0.15) is 55.7 Å². The van der Waals surface area contributed by atoms with Crippen molar-refractivity contribution in [3.63, 3.8) is 0 Å². The Balaban J connectivity index is 0.950. The first-order valence-corrected chi connectivity index (χ1v) is 25.0. The second-order valence-corrected chi connectivity index (χ2v) is 19.1. The van der Waals surface area contributed by atoms with E-state index in [0.717, 1.165) is 71.6 Å². The monoisotopic (exact) mass is 904 g/mol. The first-order valence-electron chi connectivity index (χ1n) is 25.0. The first kappa shape index (κ1) is 43.1. The molecule has 0 spiro atoms. The Bertz CT molecular complexity index is 3780. The van der Waals surface area contributed by atoms with Crippen molar-refractivity contribution < 1.29 is 0 Å². The molecule has 12 rings (SSSR count). The van der Waals surface area contributed by atoms with Gasteiger partial charge < -0.3 is 10.3 Å². The minimum absolute atomic E-state index is 0.363. The Morgan fingerprint density at radius 3 is 2.13 bits per heavy atom. The van der Waals surface area contributed by atoms with E-state index in [1.165, 1.54) is 83.2 Å². The molecule has 0 aliphatic heterocycles. The molecule has 0 saturated heterocycles. The first-order chi connectivity index (χ1) is 34.5. The molecule has 0 radical (unpaired) electrons. The van der Waals surface area contributed by atoms with Gasteiger partial charge in [0.2, 0.25) is 5.96 Å². The maximum Gasteiger partial charge on any atom is 0.205 e. The predicted molar refractivity (Wildman–Crippen MR) is 298 cm³/mol. The zero-order chi connectivity index (χ0) is 47.1. The quantitative estimate of drug-likeness (QED) is 0.114. The topological polar surface area (TPSA) is 48.2 Å². The van der Waals surface area contributed by atoms with Crippen LogP contribution in [0.15, 0.2) is 240 Å². The number of benzene rings is 7. The summed E-state index contributed by atoms with van der Waals surface area (Å²) >= 11 is 0. The maximum atomic E-state index is 7.33. The highest BCUT2D eigenvalue weighted by Gasteiger charge is 2.23. The Kier molecular flexibility index (Phi) is 11.3. The molecule has 0 fully saturated rings. The van der Waals surface area contributed by atoms with Crippen molar-refractivity contribution >= 4 is 60.8 Å². The Hall–Kier alpha value is -8.21.